The summed E-state index contributed by atoms with van der Waals surface area (Å²) in [5, 5.41) is 3.16. The van der Waals surface area contributed by atoms with Crippen LogP contribution in [-0.2, 0) is 4.79 Å². The van der Waals surface area contributed by atoms with Gasteiger partial charge in [-0.2, -0.15) is 0 Å². The molecule has 1 saturated heterocycles. The minimum absolute atomic E-state index is 0.0504. The van der Waals surface area contributed by atoms with Crippen molar-refractivity contribution < 1.29 is 13.6 Å². The van der Waals surface area contributed by atoms with Crippen LogP contribution in [0.4, 0.5) is 8.78 Å². The Bertz CT molecular complexity index is 825. The predicted molar refractivity (Wildman–Crippen MR) is 123 cm³/mol. The molecule has 0 bridgehead atoms. The molecule has 5 nitrogen and oxygen atoms in total. The van der Waals surface area contributed by atoms with Crippen molar-refractivity contribution in [3.8, 4) is 0 Å². The van der Waals surface area contributed by atoms with Crippen molar-refractivity contribution in [1.82, 2.24) is 19.8 Å². The summed E-state index contributed by atoms with van der Waals surface area (Å²) in [6, 6.07) is 4.26. The monoisotopic (exact) mass is 450 g/mol. The number of allylic oxidation sites excluding steroid dienone is 2. The lowest BCUT2D eigenvalue weighted by Gasteiger charge is -2.36. The van der Waals surface area contributed by atoms with E-state index in [9.17, 15) is 13.6 Å². The van der Waals surface area contributed by atoms with Crippen LogP contribution in [0.3, 0.4) is 0 Å². The SMILES string of the molecule is CC.CSN[C@H]1CCCN(C(=O)C2NC=C3CCC=C(c4c(F)cccc4F)N32)CC1. The highest BCUT2D eigenvalue weighted by atomic mass is 32.2. The first-order valence-corrected chi connectivity index (χ1v) is 12.3. The lowest BCUT2D eigenvalue weighted by molar-refractivity contribution is -0.135. The highest BCUT2D eigenvalue weighted by molar-refractivity contribution is 7.96. The Balaban J connectivity index is 0.00000132. The minimum atomic E-state index is -0.666. The van der Waals surface area contributed by atoms with Gasteiger partial charge >= 0.3 is 0 Å². The van der Waals surface area contributed by atoms with Gasteiger partial charge in [0.25, 0.3) is 5.91 Å². The number of rotatable bonds is 4. The molecule has 4 rings (SSSR count). The number of nitrogens with one attached hydrogen (secondary N) is 2. The fourth-order valence-corrected chi connectivity index (χ4v) is 4.92. The Hall–Kier alpha value is -2.06. The van der Waals surface area contributed by atoms with E-state index in [0.717, 1.165) is 31.4 Å². The van der Waals surface area contributed by atoms with Crippen molar-refractivity contribution in [1.29, 1.82) is 0 Å². The average molecular weight is 451 g/mol. The molecular weight excluding hydrogens is 418 g/mol. The summed E-state index contributed by atoms with van der Waals surface area (Å²) in [6.45, 7) is 5.37. The van der Waals surface area contributed by atoms with Crippen molar-refractivity contribution in [2.75, 3.05) is 19.3 Å². The molecule has 2 atom stereocenters. The number of fused-ring (bicyclic) bond motifs is 1. The molecule has 1 aromatic carbocycles. The minimum Gasteiger partial charge on any atom is -0.362 e. The Labute approximate surface area is 188 Å². The molecule has 2 N–H and O–H groups in total. The van der Waals surface area contributed by atoms with Gasteiger partial charge in [0.05, 0.1) is 11.3 Å². The van der Waals surface area contributed by atoms with Crippen LogP contribution in [0.15, 0.2) is 36.2 Å². The Morgan fingerprint density at radius 3 is 2.65 bits per heavy atom. The molecular formula is C23H32F2N4OS. The topological polar surface area (TPSA) is 47.6 Å². The second-order valence-corrected chi connectivity index (χ2v) is 8.22. The number of benzene rings is 1. The van der Waals surface area contributed by atoms with Gasteiger partial charge in [-0.15, -0.1) is 0 Å². The average Bonchev–Trinajstić information content (AvgIpc) is 3.08. The molecule has 3 aliphatic heterocycles. The van der Waals surface area contributed by atoms with Crippen LogP contribution < -0.4 is 10.0 Å². The Morgan fingerprint density at radius 1 is 1.19 bits per heavy atom. The van der Waals surface area contributed by atoms with Crippen molar-refractivity contribution >= 4 is 23.6 Å². The van der Waals surface area contributed by atoms with E-state index < -0.39 is 17.8 Å². The number of halogens is 2. The van der Waals surface area contributed by atoms with Gasteiger partial charge in [-0.05, 0) is 50.5 Å². The van der Waals surface area contributed by atoms with Crippen LogP contribution in [0.5, 0.6) is 0 Å². The van der Waals surface area contributed by atoms with E-state index in [1.54, 1.807) is 16.8 Å². The first kappa shape index (κ1) is 23.6. The van der Waals surface area contributed by atoms with Gasteiger partial charge in [0.2, 0.25) is 0 Å². The molecule has 1 amide bonds. The van der Waals surface area contributed by atoms with Gasteiger partial charge in [0.1, 0.15) is 11.6 Å². The molecule has 0 aromatic heterocycles. The summed E-state index contributed by atoms with van der Waals surface area (Å²) in [4.78, 5) is 17.0. The predicted octanol–water partition coefficient (Wildman–Crippen LogP) is 4.45. The number of hydrogen-bond acceptors (Lipinski definition) is 5. The zero-order valence-corrected chi connectivity index (χ0v) is 19.3. The van der Waals surface area contributed by atoms with Gasteiger partial charge in [-0.25, -0.2) is 8.78 Å². The number of amides is 1. The molecule has 0 radical (unpaired) electrons. The quantitative estimate of drug-likeness (QED) is 0.664. The molecule has 0 saturated carbocycles. The zero-order chi connectivity index (χ0) is 22.4. The normalized spacial score (nSPS) is 23.0. The number of hydrogen-bond donors (Lipinski definition) is 2. The summed E-state index contributed by atoms with van der Waals surface area (Å²) >= 11 is 1.61. The maximum atomic E-state index is 14.5. The smallest absolute Gasteiger partial charge is 0.266 e. The molecule has 170 valence electrons. The Morgan fingerprint density at radius 2 is 1.94 bits per heavy atom. The molecule has 3 heterocycles. The first-order valence-electron chi connectivity index (χ1n) is 11.1. The van der Waals surface area contributed by atoms with Crippen molar-refractivity contribution in [2.45, 2.75) is 58.2 Å². The second kappa shape index (κ2) is 11.0. The molecule has 0 aliphatic carbocycles. The van der Waals surface area contributed by atoms with Crippen LogP contribution in [-0.4, -0.2) is 47.3 Å². The lowest BCUT2D eigenvalue weighted by atomic mass is 10.0. The fraction of sp³-hybridized carbons (Fsp3) is 0.522. The summed E-state index contributed by atoms with van der Waals surface area (Å²) in [7, 11) is 0. The van der Waals surface area contributed by atoms with Crippen LogP contribution in [0, 0.1) is 11.6 Å². The molecule has 1 fully saturated rings. The highest BCUT2D eigenvalue weighted by Gasteiger charge is 2.39. The molecule has 31 heavy (non-hydrogen) atoms. The van der Waals surface area contributed by atoms with E-state index in [-0.39, 0.29) is 11.5 Å². The lowest BCUT2D eigenvalue weighted by Crippen LogP contribution is -2.51. The third-order valence-electron chi connectivity index (χ3n) is 5.75. The second-order valence-electron chi connectivity index (χ2n) is 7.57. The van der Waals surface area contributed by atoms with E-state index in [4.69, 9.17) is 0 Å². The fourth-order valence-electron chi connectivity index (χ4n) is 4.35. The van der Waals surface area contributed by atoms with Gasteiger partial charge in [0, 0.05) is 31.0 Å². The van der Waals surface area contributed by atoms with E-state index >= 15 is 0 Å². The maximum absolute atomic E-state index is 14.5. The number of likely N-dealkylation sites (tertiary alicyclic amines) is 1. The third-order valence-corrected chi connectivity index (χ3v) is 6.32. The third kappa shape index (κ3) is 5.06. The first-order chi connectivity index (χ1) is 15.1. The van der Waals surface area contributed by atoms with Crippen LogP contribution >= 0.6 is 11.9 Å². The molecule has 1 unspecified atom stereocenters. The highest BCUT2D eigenvalue weighted by Crippen LogP contribution is 2.37. The molecule has 3 aliphatic rings. The molecule has 1 aromatic rings. The van der Waals surface area contributed by atoms with Gasteiger partial charge < -0.3 is 15.1 Å². The number of nitrogens with zero attached hydrogens (tertiary/aromatic N) is 2. The summed E-state index contributed by atoms with van der Waals surface area (Å²) in [6.07, 6.45) is 9.25. The van der Waals surface area contributed by atoms with Crippen molar-refractivity contribution in [2.24, 2.45) is 0 Å². The van der Waals surface area contributed by atoms with E-state index in [1.165, 1.54) is 18.2 Å². The van der Waals surface area contributed by atoms with E-state index in [0.29, 0.717) is 31.2 Å². The standard InChI is InChI=1S/C21H26F2N4OS.C2H6/c1-29-25-14-5-4-11-26(12-10-14)21(28)20-24-13-15-6-2-9-18(27(15)20)19-16(22)7-3-8-17(19)23;1-2/h3,7-9,13-14,20,24-25H,2,4-6,10-12H2,1H3;1-2H3/t14-,20?;/m0./s1. The van der Waals surface area contributed by atoms with Gasteiger partial charge in [-0.3, -0.25) is 9.52 Å². The van der Waals surface area contributed by atoms with E-state index in [2.05, 4.69) is 10.0 Å². The summed E-state index contributed by atoms with van der Waals surface area (Å²) in [5.41, 5.74) is 1.25. The molecule has 8 heteroatoms. The van der Waals surface area contributed by atoms with E-state index in [1.807, 2.05) is 37.3 Å². The summed E-state index contributed by atoms with van der Waals surface area (Å²) in [5.74, 6) is -1.28. The van der Waals surface area contributed by atoms with Gasteiger partial charge in [0.15, 0.2) is 6.17 Å². The summed E-state index contributed by atoms with van der Waals surface area (Å²) < 4.78 is 32.4. The molecule has 0 spiro atoms. The van der Waals surface area contributed by atoms with Crippen LogP contribution in [0.2, 0.25) is 0 Å². The van der Waals surface area contributed by atoms with Crippen LogP contribution in [0.25, 0.3) is 5.70 Å². The number of carbonyl (C=O) groups is 1. The Kier molecular flexibility index (Phi) is 8.37. The zero-order valence-electron chi connectivity index (χ0n) is 18.5. The van der Waals surface area contributed by atoms with Gasteiger partial charge in [-0.1, -0.05) is 37.9 Å². The van der Waals surface area contributed by atoms with Crippen molar-refractivity contribution in [3.05, 3.63) is 53.4 Å². The largest absolute Gasteiger partial charge is 0.362 e. The van der Waals surface area contributed by atoms with Crippen molar-refractivity contribution in [3.63, 3.8) is 0 Å². The maximum Gasteiger partial charge on any atom is 0.266 e. The number of carbonyl (C=O) groups excluding carboxylic acids is 1. The van der Waals surface area contributed by atoms with Crippen LogP contribution in [0.1, 0.15) is 51.5 Å².